The van der Waals surface area contributed by atoms with Gasteiger partial charge in [-0.05, 0) is 48.5 Å². The maximum atomic E-state index is 12.3. The summed E-state index contributed by atoms with van der Waals surface area (Å²) in [5, 5.41) is 10.9. The van der Waals surface area contributed by atoms with Crippen molar-refractivity contribution in [2.45, 2.75) is 18.2 Å². The van der Waals surface area contributed by atoms with Crippen molar-refractivity contribution in [2.75, 3.05) is 22.2 Å². The van der Waals surface area contributed by atoms with E-state index in [4.69, 9.17) is 0 Å². The lowest BCUT2D eigenvalue weighted by molar-refractivity contribution is -0.116. The van der Waals surface area contributed by atoms with E-state index in [2.05, 4.69) is 20.9 Å². The van der Waals surface area contributed by atoms with Crippen LogP contribution in [0.1, 0.15) is 12.6 Å². The highest BCUT2D eigenvalue weighted by Crippen LogP contribution is 2.23. The average molecular weight is 445 g/mol. The molecule has 0 fully saturated rings. The minimum Gasteiger partial charge on any atom is -0.332 e. The number of carbonyl (C=O) groups excluding carboxylic acids is 2. The lowest BCUT2D eigenvalue weighted by Gasteiger charge is -2.06. The Kier molecular flexibility index (Phi) is 6.48. The molecule has 0 saturated carbocycles. The Morgan fingerprint density at radius 3 is 2.07 bits per heavy atom. The Labute approximate surface area is 178 Å². The Morgan fingerprint density at radius 1 is 0.933 bits per heavy atom. The average Bonchev–Trinajstić information content (AvgIpc) is 3.09. The van der Waals surface area contributed by atoms with Gasteiger partial charge in [-0.3, -0.25) is 9.59 Å². The number of sulfone groups is 1. The van der Waals surface area contributed by atoms with Gasteiger partial charge in [-0.25, -0.2) is 13.4 Å². The molecule has 0 spiro atoms. The van der Waals surface area contributed by atoms with Gasteiger partial charge in [0.25, 0.3) is 0 Å². The van der Waals surface area contributed by atoms with E-state index in [-0.39, 0.29) is 23.1 Å². The molecule has 0 aliphatic rings. The number of benzene rings is 2. The molecular weight excluding hydrogens is 424 g/mol. The van der Waals surface area contributed by atoms with Gasteiger partial charge in [-0.2, -0.15) is 0 Å². The highest BCUT2D eigenvalue weighted by atomic mass is 32.2. The molecule has 1 aromatic heterocycles. The van der Waals surface area contributed by atoms with Crippen molar-refractivity contribution in [2.24, 2.45) is 0 Å². The van der Waals surface area contributed by atoms with E-state index >= 15 is 0 Å². The smallest absolute Gasteiger partial charge is 0.230 e. The summed E-state index contributed by atoms with van der Waals surface area (Å²) in [6, 6.07) is 13.2. The summed E-state index contributed by atoms with van der Waals surface area (Å²) in [6.07, 6.45) is 1.27. The maximum absolute atomic E-state index is 12.3. The zero-order valence-electron chi connectivity index (χ0n) is 16.3. The topological polar surface area (TPSA) is 117 Å². The fraction of sp³-hybridized carbons (Fsp3) is 0.150. The molecule has 1 heterocycles. The van der Waals surface area contributed by atoms with Crippen molar-refractivity contribution in [1.29, 1.82) is 0 Å². The quantitative estimate of drug-likeness (QED) is 0.514. The summed E-state index contributed by atoms with van der Waals surface area (Å²) < 4.78 is 23.0. The van der Waals surface area contributed by atoms with Crippen LogP contribution in [0.2, 0.25) is 0 Å². The second kappa shape index (κ2) is 9.06. The van der Waals surface area contributed by atoms with Gasteiger partial charge in [-0.1, -0.05) is 0 Å². The first-order valence-corrected chi connectivity index (χ1v) is 11.7. The van der Waals surface area contributed by atoms with Gasteiger partial charge in [-0.15, -0.1) is 11.3 Å². The fourth-order valence-electron chi connectivity index (χ4n) is 2.56. The largest absolute Gasteiger partial charge is 0.332 e. The first-order chi connectivity index (χ1) is 14.2. The number of rotatable bonds is 7. The summed E-state index contributed by atoms with van der Waals surface area (Å²) in [5.74, 6) is -0.372. The van der Waals surface area contributed by atoms with Gasteiger partial charge in [0.2, 0.25) is 11.8 Å². The van der Waals surface area contributed by atoms with Gasteiger partial charge < -0.3 is 16.0 Å². The van der Waals surface area contributed by atoms with E-state index in [0.29, 0.717) is 27.9 Å². The molecule has 156 valence electrons. The summed E-state index contributed by atoms with van der Waals surface area (Å²) in [7, 11) is -3.24. The third-order valence-electron chi connectivity index (χ3n) is 3.92. The first-order valence-electron chi connectivity index (χ1n) is 8.88. The van der Waals surface area contributed by atoms with Crippen LogP contribution in [-0.4, -0.2) is 31.5 Å². The monoisotopic (exact) mass is 444 g/mol. The highest BCUT2D eigenvalue weighted by Gasteiger charge is 2.10. The molecular formula is C20H20N4O4S2. The van der Waals surface area contributed by atoms with E-state index in [1.54, 1.807) is 41.8 Å². The molecule has 30 heavy (non-hydrogen) atoms. The second-order valence-corrected chi connectivity index (χ2v) is 9.42. The minimum absolute atomic E-state index is 0.110. The lowest BCUT2D eigenvalue weighted by Crippen LogP contribution is -2.14. The van der Waals surface area contributed by atoms with E-state index in [9.17, 15) is 18.0 Å². The van der Waals surface area contributed by atoms with E-state index in [1.165, 1.54) is 30.4 Å². The van der Waals surface area contributed by atoms with Crippen molar-refractivity contribution in [1.82, 2.24) is 4.98 Å². The Bertz CT molecular complexity index is 1150. The maximum Gasteiger partial charge on any atom is 0.230 e. The molecule has 0 radical (unpaired) electrons. The highest BCUT2D eigenvalue weighted by molar-refractivity contribution is 7.90. The molecule has 2 amide bonds. The van der Waals surface area contributed by atoms with Crippen molar-refractivity contribution in [3.8, 4) is 0 Å². The molecule has 0 aliphatic heterocycles. The zero-order chi connectivity index (χ0) is 21.7. The predicted molar refractivity (Wildman–Crippen MR) is 118 cm³/mol. The molecule has 3 N–H and O–H groups in total. The van der Waals surface area contributed by atoms with Crippen LogP contribution in [0.5, 0.6) is 0 Å². The Hall–Kier alpha value is -3.24. The Morgan fingerprint density at radius 2 is 1.50 bits per heavy atom. The first kappa shape index (κ1) is 21.5. The van der Waals surface area contributed by atoms with Crippen LogP contribution >= 0.6 is 11.3 Å². The standard InChI is InChI=1S/C20H20N4O4S2/c1-13(25)21-14-3-5-15(6-4-14)22-19(26)11-17-12-29-20(24-17)23-16-7-9-18(10-8-16)30(2,27)28/h3-10,12H,11H2,1-2H3,(H,21,25)(H,22,26)(H,23,24). The van der Waals surface area contributed by atoms with E-state index < -0.39 is 9.84 Å². The minimum atomic E-state index is -3.24. The number of nitrogens with zero attached hydrogens (tertiary/aromatic N) is 1. The van der Waals surface area contributed by atoms with Gasteiger partial charge in [0.05, 0.1) is 17.0 Å². The van der Waals surface area contributed by atoms with Gasteiger partial charge in [0.1, 0.15) is 0 Å². The zero-order valence-corrected chi connectivity index (χ0v) is 17.9. The SMILES string of the molecule is CC(=O)Nc1ccc(NC(=O)Cc2csc(Nc3ccc(S(C)(=O)=O)cc3)n2)cc1. The van der Waals surface area contributed by atoms with Crippen LogP contribution in [0, 0.1) is 0 Å². The van der Waals surface area contributed by atoms with E-state index in [0.717, 1.165) is 6.26 Å². The fourth-order valence-corrected chi connectivity index (χ4v) is 3.93. The normalized spacial score (nSPS) is 11.0. The van der Waals surface area contributed by atoms with Crippen LogP contribution in [0.15, 0.2) is 58.8 Å². The number of hydrogen-bond donors (Lipinski definition) is 3. The van der Waals surface area contributed by atoms with Crippen LogP contribution in [0.4, 0.5) is 22.2 Å². The number of hydrogen-bond acceptors (Lipinski definition) is 7. The molecule has 8 nitrogen and oxygen atoms in total. The number of amides is 2. The van der Waals surface area contributed by atoms with Crippen LogP contribution < -0.4 is 16.0 Å². The second-order valence-electron chi connectivity index (χ2n) is 6.55. The number of thiazole rings is 1. The third kappa shape index (κ3) is 6.13. The number of anilines is 4. The predicted octanol–water partition coefficient (Wildman–Crippen LogP) is 3.43. The van der Waals surface area contributed by atoms with Gasteiger partial charge in [0, 0.05) is 35.6 Å². The molecule has 2 aromatic carbocycles. The van der Waals surface area contributed by atoms with Crippen LogP contribution in [0.25, 0.3) is 0 Å². The molecule has 0 aliphatic carbocycles. The van der Waals surface area contributed by atoms with E-state index in [1.807, 2.05) is 0 Å². The van der Waals surface area contributed by atoms with Crippen molar-refractivity contribution < 1.29 is 18.0 Å². The van der Waals surface area contributed by atoms with Crippen molar-refractivity contribution in [3.63, 3.8) is 0 Å². The lowest BCUT2D eigenvalue weighted by atomic mass is 10.2. The number of aromatic nitrogens is 1. The molecule has 3 aromatic rings. The molecule has 0 atom stereocenters. The van der Waals surface area contributed by atoms with Crippen LogP contribution in [0.3, 0.4) is 0 Å². The van der Waals surface area contributed by atoms with Gasteiger partial charge in [0.15, 0.2) is 15.0 Å². The van der Waals surface area contributed by atoms with Crippen molar-refractivity contribution in [3.05, 3.63) is 59.6 Å². The summed E-state index contributed by atoms with van der Waals surface area (Å²) in [4.78, 5) is 27.9. The summed E-state index contributed by atoms with van der Waals surface area (Å²) >= 11 is 1.35. The summed E-state index contributed by atoms with van der Waals surface area (Å²) in [6.45, 7) is 1.43. The third-order valence-corrected chi connectivity index (χ3v) is 5.85. The Balaban J connectivity index is 1.56. The van der Waals surface area contributed by atoms with Gasteiger partial charge >= 0.3 is 0 Å². The summed E-state index contributed by atoms with van der Waals surface area (Å²) in [5.41, 5.74) is 2.59. The van der Waals surface area contributed by atoms with Crippen LogP contribution in [-0.2, 0) is 25.8 Å². The molecule has 10 heteroatoms. The molecule has 3 rings (SSSR count). The van der Waals surface area contributed by atoms with Crippen molar-refractivity contribution >= 4 is 55.2 Å². The number of carbonyl (C=O) groups is 2. The number of nitrogens with one attached hydrogen (secondary N) is 3. The molecule has 0 unspecified atom stereocenters. The molecule has 0 saturated heterocycles. The molecule has 0 bridgehead atoms.